The normalized spacial score (nSPS) is 20.6. The Bertz CT molecular complexity index is 345. The van der Waals surface area contributed by atoms with Gasteiger partial charge in [0.15, 0.2) is 5.96 Å². The van der Waals surface area contributed by atoms with Gasteiger partial charge in [0, 0.05) is 39.1 Å². The summed E-state index contributed by atoms with van der Waals surface area (Å²) < 4.78 is 36.1. The van der Waals surface area contributed by atoms with Crippen LogP contribution >= 0.6 is 0 Å². The second-order valence-corrected chi connectivity index (χ2v) is 6.23. The van der Waals surface area contributed by atoms with Gasteiger partial charge in [-0.2, -0.15) is 13.2 Å². The Kier molecular flexibility index (Phi) is 9.36. The van der Waals surface area contributed by atoms with Gasteiger partial charge in [0.2, 0.25) is 0 Å². The summed E-state index contributed by atoms with van der Waals surface area (Å²) in [6.07, 6.45) is 0.833. The molecule has 2 N–H and O–H groups in total. The van der Waals surface area contributed by atoms with Crippen LogP contribution in [-0.4, -0.2) is 56.3 Å². The Balaban J connectivity index is 2.05. The van der Waals surface area contributed by atoms with Crippen molar-refractivity contribution >= 4 is 5.96 Å². The van der Waals surface area contributed by atoms with E-state index in [0.717, 1.165) is 19.5 Å². The molecule has 0 radical (unpaired) electrons. The van der Waals surface area contributed by atoms with E-state index in [1.165, 1.54) is 25.8 Å². The number of rotatable bonds is 8. The lowest BCUT2D eigenvalue weighted by Gasteiger charge is -2.33. The maximum atomic E-state index is 12.0. The molecule has 0 saturated carbocycles. The van der Waals surface area contributed by atoms with Crippen LogP contribution in [0.3, 0.4) is 0 Å². The van der Waals surface area contributed by atoms with E-state index in [0.29, 0.717) is 25.0 Å². The molecule has 1 heterocycles. The second-order valence-electron chi connectivity index (χ2n) is 6.23. The summed E-state index contributed by atoms with van der Waals surface area (Å²) >= 11 is 0. The zero-order chi connectivity index (χ0) is 17.1. The van der Waals surface area contributed by atoms with Crippen molar-refractivity contribution in [2.24, 2.45) is 4.99 Å². The first-order valence-electron chi connectivity index (χ1n) is 8.67. The van der Waals surface area contributed by atoms with E-state index in [1.807, 2.05) is 0 Å². The lowest BCUT2D eigenvalue weighted by atomic mass is 10.0. The van der Waals surface area contributed by atoms with Crippen LogP contribution < -0.4 is 10.6 Å². The Morgan fingerprint density at radius 2 is 1.83 bits per heavy atom. The first-order valence-corrected chi connectivity index (χ1v) is 8.67. The Morgan fingerprint density at radius 3 is 2.43 bits per heavy atom. The third kappa shape index (κ3) is 9.69. The molecule has 0 aliphatic carbocycles. The zero-order valence-electron chi connectivity index (χ0n) is 14.4. The average molecular weight is 336 g/mol. The third-order valence-corrected chi connectivity index (χ3v) is 4.26. The number of halogens is 3. The maximum Gasteiger partial charge on any atom is 0.389 e. The predicted octanol–water partition coefficient (Wildman–Crippen LogP) is 3.15. The summed E-state index contributed by atoms with van der Waals surface area (Å²) in [4.78, 5) is 6.62. The molecule has 136 valence electrons. The van der Waals surface area contributed by atoms with Crippen LogP contribution in [0.2, 0.25) is 0 Å². The monoisotopic (exact) mass is 336 g/mol. The summed E-state index contributed by atoms with van der Waals surface area (Å²) in [6, 6.07) is 0.676. The summed E-state index contributed by atoms with van der Waals surface area (Å²) in [5.41, 5.74) is 0. The van der Waals surface area contributed by atoms with Crippen molar-refractivity contribution in [2.45, 2.75) is 64.1 Å². The van der Waals surface area contributed by atoms with Crippen LogP contribution in [0, 0.1) is 0 Å². The molecule has 4 nitrogen and oxygen atoms in total. The number of nitrogens with one attached hydrogen (secondary N) is 2. The summed E-state index contributed by atoms with van der Waals surface area (Å²) in [7, 11) is 1.68. The highest BCUT2D eigenvalue weighted by atomic mass is 19.4. The maximum absolute atomic E-state index is 12.0. The number of alkyl halides is 3. The minimum Gasteiger partial charge on any atom is -0.356 e. The molecule has 0 aromatic rings. The molecule has 1 fully saturated rings. The fourth-order valence-corrected chi connectivity index (χ4v) is 2.86. The quantitative estimate of drug-likeness (QED) is 0.406. The average Bonchev–Trinajstić information content (AvgIpc) is 2.49. The van der Waals surface area contributed by atoms with E-state index in [1.54, 1.807) is 7.05 Å². The molecule has 1 saturated heterocycles. The standard InChI is InChI=1S/C16H31F3N4/c1-14-8-3-6-12-23(14)13-7-11-22-15(20-2)21-10-5-4-9-16(17,18)19/h14H,3-13H2,1-2H3,(H2,20,21,22). The molecule has 1 unspecified atom stereocenters. The number of piperidine rings is 1. The highest BCUT2D eigenvalue weighted by Crippen LogP contribution is 2.21. The van der Waals surface area contributed by atoms with Crippen LogP contribution in [0.1, 0.15) is 51.9 Å². The highest BCUT2D eigenvalue weighted by Gasteiger charge is 2.25. The SMILES string of the molecule is CN=C(NCCCCC(F)(F)F)NCCCN1CCCCC1C. The molecule has 23 heavy (non-hydrogen) atoms. The second kappa shape index (κ2) is 10.7. The highest BCUT2D eigenvalue weighted by molar-refractivity contribution is 5.79. The summed E-state index contributed by atoms with van der Waals surface area (Å²) in [6.45, 7) is 5.89. The van der Waals surface area contributed by atoms with Crippen molar-refractivity contribution in [1.82, 2.24) is 15.5 Å². The van der Waals surface area contributed by atoms with Gasteiger partial charge >= 0.3 is 6.18 Å². The molecule has 0 aromatic heterocycles. The molecule has 1 aliphatic heterocycles. The van der Waals surface area contributed by atoms with Gasteiger partial charge in [-0.1, -0.05) is 6.42 Å². The zero-order valence-corrected chi connectivity index (χ0v) is 14.4. The fourth-order valence-electron chi connectivity index (χ4n) is 2.86. The Hall–Kier alpha value is -0.980. The van der Waals surface area contributed by atoms with Gasteiger partial charge in [-0.05, 0) is 45.6 Å². The van der Waals surface area contributed by atoms with E-state index < -0.39 is 12.6 Å². The van der Waals surface area contributed by atoms with Crippen molar-refractivity contribution < 1.29 is 13.2 Å². The van der Waals surface area contributed by atoms with Crippen LogP contribution in [-0.2, 0) is 0 Å². The number of aliphatic imine (C=N–C) groups is 1. The molecule has 0 bridgehead atoms. The number of hydrogen-bond donors (Lipinski definition) is 2. The van der Waals surface area contributed by atoms with Crippen LogP contribution in [0.15, 0.2) is 4.99 Å². The van der Waals surface area contributed by atoms with Crippen molar-refractivity contribution in [1.29, 1.82) is 0 Å². The smallest absolute Gasteiger partial charge is 0.356 e. The van der Waals surface area contributed by atoms with Crippen LogP contribution in [0.25, 0.3) is 0 Å². The fraction of sp³-hybridized carbons (Fsp3) is 0.938. The molecular formula is C16H31F3N4. The van der Waals surface area contributed by atoms with Gasteiger partial charge in [0.1, 0.15) is 0 Å². The van der Waals surface area contributed by atoms with Gasteiger partial charge < -0.3 is 15.5 Å². The minimum absolute atomic E-state index is 0.153. The van der Waals surface area contributed by atoms with E-state index in [9.17, 15) is 13.2 Å². The van der Waals surface area contributed by atoms with E-state index in [4.69, 9.17) is 0 Å². The van der Waals surface area contributed by atoms with Crippen molar-refractivity contribution in [3.05, 3.63) is 0 Å². The number of hydrogen-bond acceptors (Lipinski definition) is 2. The molecule has 1 rings (SSSR count). The molecule has 0 amide bonds. The lowest BCUT2D eigenvalue weighted by molar-refractivity contribution is -0.135. The molecule has 0 spiro atoms. The predicted molar refractivity (Wildman–Crippen MR) is 88.8 cm³/mol. The van der Waals surface area contributed by atoms with Gasteiger partial charge in [-0.3, -0.25) is 4.99 Å². The number of guanidine groups is 1. The van der Waals surface area contributed by atoms with E-state index in [2.05, 4.69) is 27.4 Å². The molecule has 7 heteroatoms. The summed E-state index contributed by atoms with van der Waals surface area (Å²) in [5.74, 6) is 0.670. The largest absolute Gasteiger partial charge is 0.389 e. The first kappa shape index (κ1) is 20.1. The van der Waals surface area contributed by atoms with E-state index in [-0.39, 0.29) is 6.42 Å². The molecule has 1 atom stereocenters. The summed E-state index contributed by atoms with van der Waals surface area (Å²) in [5, 5.41) is 6.28. The van der Waals surface area contributed by atoms with Crippen LogP contribution in [0.4, 0.5) is 13.2 Å². The topological polar surface area (TPSA) is 39.7 Å². The van der Waals surface area contributed by atoms with E-state index >= 15 is 0 Å². The van der Waals surface area contributed by atoms with Crippen molar-refractivity contribution in [3.8, 4) is 0 Å². The van der Waals surface area contributed by atoms with Crippen molar-refractivity contribution in [3.63, 3.8) is 0 Å². The molecule has 1 aliphatic rings. The Labute approximate surface area is 137 Å². The number of nitrogens with zero attached hydrogens (tertiary/aromatic N) is 2. The van der Waals surface area contributed by atoms with Gasteiger partial charge in [0.05, 0.1) is 0 Å². The van der Waals surface area contributed by atoms with Crippen LogP contribution in [0.5, 0.6) is 0 Å². The van der Waals surface area contributed by atoms with Crippen molar-refractivity contribution in [2.75, 3.05) is 33.2 Å². The lowest BCUT2D eigenvalue weighted by Crippen LogP contribution is -2.41. The van der Waals surface area contributed by atoms with Gasteiger partial charge in [-0.25, -0.2) is 0 Å². The number of likely N-dealkylation sites (tertiary alicyclic amines) is 1. The molecular weight excluding hydrogens is 305 g/mol. The third-order valence-electron chi connectivity index (χ3n) is 4.26. The molecule has 0 aromatic carbocycles. The number of unbranched alkanes of at least 4 members (excludes halogenated alkanes) is 1. The van der Waals surface area contributed by atoms with Gasteiger partial charge in [-0.15, -0.1) is 0 Å². The Morgan fingerprint density at radius 1 is 1.13 bits per heavy atom. The van der Waals surface area contributed by atoms with Gasteiger partial charge in [0.25, 0.3) is 0 Å². The minimum atomic E-state index is -4.05. The first-order chi connectivity index (χ1) is 10.9.